The summed E-state index contributed by atoms with van der Waals surface area (Å²) in [4.78, 5) is 26.5. The van der Waals surface area contributed by atoms with Crippen LogP contribution in [0.4, 0.5) is 18.9 Å². The third-order valence-corrected chi connectivity index (χ3v) is 4.84. The summed E-state index contributed by atoms with van der Waals surface area (Å²) in [6.07, 6.45) is 1.26. The molecule has 158 valence electrons. The number of nitrogens with zero attached hydrogens (tertiary/aromatic N) is 1. The molecule has 3 aromatic rings. The molecule has 1 aromatic heterocycles. The van der Waals surface area contributed by atoms with Gasteiger partial charge in [0.25, 0.3) is 11.7 Å². The summed E-state index contributed by atoms with van der Waals surface area (Å²) in [5.74, 6) is -5.70. The second-order valence-electron chi connectivity index (χ2n) is 6.62. The molecule has 6 nitrogen and oxygen atoms in total. The molecule has 0 bridgehead atoms. The van der Waals surface area contributed by atoms with Crippen molar-refractivity contribution < 1.29 is 37.0 Å². The normalized spacial score (nSPS) is 17.9. The van der Waals surface area contributed by atoms with Crippen molar-refractivity contribution >= 4 is 23.1 Å². The standard InChI is InChI=1S/C22H14F3NO5/c1-30-16-7-5-11(23)9-13(16)20(27)18-19(17-3-2-8-31-17)26(22(29)21(18)28)15-6-4-12(24)10-14(15)25/h2-10,19,27H,1H3/b20-18-. The van der Waals surface area contributed by atoms with Crippen molar-refractivity contribution in [1.82, 2.24) is 0 Å². The number of Topliss-reactive ketones (excluding diaryl/α,β-unsaturated/α-hetero) is 1. The Labute approximate surface area is 173 Å². The van der Waals surface area contributed by atoms with Gasteiger partial charge in [0.05, 0.1) is 30.2 Å². The Bertz CT molecular complexity index is 1220. The first-order valence-electron chi connectivity index (χ1n) is 8.97. The predicted octanol–water partition coefficient (Wildman–Crippen LogP) is 4.33. The number of furan rings is 1. The lowest BCUT2D eigenvalue weighted by Gasteiger charge is -2.23. The monoisotopic (exact) mass is 429 g/mol. The van der Waals surface area contributed by atoms with Crippen LogP contribution < -0.4 is 9.64 Å². The van der Waals surface area contributed by atoms with Crippen LogP contribution in [0.1, 0.15) is 17.4 Å². The van der Waals surface area contributed by atoms with Crippen LogP contribution in [-0.2, 0) is 9.59 Å². The van der Waals surface area contributed by atoms with Gasteiger partial charge in [-0.3, -0.25) is 14.5 Å². The first kappa shape index (κ1) is 20.3. The maximum atomic E-state index is 14.5. The molecule has 1 fully saturated rings. The van der Waals surface area contributed by atoms with E-state index in [0.29, 0.717) is 6.07 Å². The van der Waals surface area contributed by atoms with Gasteiger partial charge in [-0.25, -0.2) is 13.2 Å². The van der Waals surface area contributed by atoms with Gasteiger partial charge in [0.2, 0.25) is 0 Å². The SMILES string of the molecule is COc1ccc(F)cc1/C(O)=C1/C(=O)C(=O)N(c2ccc(F)cc2F)C1c1ccco1. The number of methoxy groups -OCH3 is 1. The fourth-order valence-electron chi connectivity index (χ4n) is 3.48. The van der Waals surface area contributed by atoms with Crippen molar-refractivity contribution in [2.45, 2.75) is 6.04 Å². The van der Waals surface area contributed by atoms with Crippen molar-refractivity contribution in [2.75, 3.05) is 12.0 Å². The fourth-order valence-corrected chi connectivity index (χ4v) is 3.48. The molecule has 1 aliphatic rings. The molecule has 0 saturated carbocycles. The second kappa shape index (κ2) is 7.67. The smallest absolute Gasteiger partial charge is 0.300 e. The van der Waals surface area contributed by atoms with E-state index in [1.54, 1.807) is 0 Å². The Morgan fingerprint density at radius 1 is 1.06 bits per heavy atom. The number of ether oxygens (including phenoxy) is 1. The van der Waals surface area contributed by atoms with Crippen molar-refractivity contribution in [3.05, 3.63) is 89.1 Å². The van der Waals surface area contributed by atoms with Gasteiger partial charge in [-0.05, 0) is 42.5 Å². The highest BCUT2D eigenvalue weighted by molar-refractivity contribution is 6.51. The number of aliphatic hydroxyl groups excluding tert-OH is 1. The summed E-state index contributed by atoms with van der Waals surface area (Å²) in [5, 5.41) is 10.9. The molecule has 2 aromatic carbocycles. The van der Waals surface area contributed by atoms with Gasteiger partial charge in [0, 0.05) is 6.07 Å². The summed E-state index contributed by atoms with van der Waals surface area (Å²) in [5.41, 5.74) is -1.04. The van der Waals surface area contributed by atoms with Gasteiger partial charge in [-0.2, -0.15) is 0 Å². The molecule has 0 spiro atoms. The Hall–Kier alpha value is -4.01. The van der Waals surface area contributed by atoms with Crippen LogP contribution in [0.5, 0.6) is 5.75 Å². The van der Waals surface area contributed by atoms with Crippen LogP contribution in [-0.4, -0.2) is 23.9 Å². The van der Waals surface area contributed by atoms with E-state index in [4.69, 9.17) is 9.15 Å². The van der Waals surface area contributed by atoms with Crippen LogP contribution >= 0.6 is 0 Å². The van der Waals surface area contributed by atoms with Crippen molar-refractivity contribution in [3.63, 3.8) is 0 Å². The van der Waals surface area contributed by atoms with Gasteiger partial charge in [-0.15, -0.1) is 0 Å². The molecule has 1 unspecified atom stereocenters. The number of carbonyl (C=O) groups excluding carboxylic acids is 2. The summed E-state index contributed by atoms with van der Waals surface area (Å²) < 4.78 is 52.2. The van der Waals surface area contributed by atoms with Crippen molar-refractivity contribution in [2.24, 2.45) is 0 Å². The lowest BCUT2D eigenvalue weighted by molar-refractivity contribution is -0.132. The molecule has 2 heterocycles. The molecular weight excluding hydrogens is 415 g/mol. The first-order chi connectivity index (χ1) is 14.8. The summed E-state index contributed by atoms with van der Waals surface area (Å²) >= 11 is 0. The van der Waals surface area contributed by atoms with E-state index in [2.05, 4.69) is 0 Å². The summed E-state index contributed by atoms with van der Waals surface area (Å²) in [6, 6.07) is 7.24. The van der Waals surface area contributed by atoms with E-state index >= 15 is 0 Å². The maximum Gasteiger partial charge on any atom is 0.300 e. The van der Waals surface area contributed by atoms with Crippen LogP contribution in [0.25, 0.3) is 5.76 Å². The van der Waals surface area contributed by atoms with E-state index in [9.17, 15) is 27.9 Å². The molecular formula is C22H14F3NO5. The first-order valence-corrected chi connectivity index (χ1v) is 8.97. The molecule has 4 rings (SSSR count). The van der Waals surface area contributed by atoms with Gasteiger partial charge >= 0.3 is 0 Å². The Balaban J connectivity index is 1.98. The zero-order valence-electron chi connectivity index (χ0n) is 15.9. The molecule has 1 aliphatic heterocycles. The number of hydrogen-bond acceptors (Lipinski definition) is 5. The number of carbonyl (C=O) groups is 2. The summed E-state index contributed by atoms with van der Waals surface area (Å²) in [6.45, 7) is 0. The van der Waals surface area contributed by atoms with Crippen LogP contribution in [0.2, 0.25) is 0 Å². The highest BCUT2D eigenvalue weighted by atomic mass is 19.1. The topological polar surface area (TPSA) is 80.0 Å². The van der Waals surface area contributed by atoms with Crippen LogP contribution in [0.3, 0.4) is 0 Å². The molecule has 0 aliphatic carbocycles. The van der Waals surface area contributed by atoms with Crippen LogP contribution in [0, 0.1) is 17.5 Å². The fraction of sp³-hybridized carbons (Fsp3) is 0.0909. The highest BCUT2D eigenvalue weighted by Crippen LogP contribution is 2.44. The van der Waals surface area contributed by atoms with Crippen molar-refractivity contribution in [1.29, 1.82) is 0 Å². The molecule has 9 heteroatoms. The van der Waals surface area contributed by atoms with E-state index in [1.807, 2.05) is 0 Å². The minimum atomic E-state index is -1.39. The van der Waals surface area contributed by atoms with E-state index in [-0.39, 0.29) is 17.1 Å². The van der Waals surface area contributed by atoms with Gasteiger partial charge in [0.15, 0.2) is 0 Å². The van der Waals surface area contributed by atoms with Crippen LogP contribution in [0.15, 0.2) is 64.8 Å². The number of amides is 1. The number of benzene rings is 2. The molecule has 1 saturated heterocycles. The molecule has 1 amide bonds. The Kier molecular flexibility index (Phi) is 5.02. The average Bonchev–Trinajstić information content (AvgIpc) is 3.35. The second-order valence-corrected chi connectivity index (χ2v) is 6.62. The lowest BCUT2D eigenvalue weighted by Crippen LogP contribution is -2.30. The largest absolute Gasteiger partial charge is 0.507 e. The molecule has 1 atom stereocenters. The number of ketones is 1. The lowest BCUT2D eigenvalue weighted by atomic mass is 9.98. The van der Waals surface area contributed by atoms with E-state index in [1.165, 1.54) is 31.6 Å². The average molecular weight is 429 g/mol. The number of halogens is 3. The molecule has 1 N–H and O–H groups in total. The van der Waals surface area contributed by atoms with Gasteiger partial charge in [-0.1, -0.05) is 0 Å². The third kappa shape index (κ3) is 3.33. The van der Waals surface area contributed by atoms with Gasteiger partial charge < -0.3 is 14.3 Å². The van der Waals surface area contributed by atoms with Crippen molar-refractivity contribution in [3.8, 4) is 5.75 Å². The zero-order valence-corrected chi connectivity index (χ0v) is 15.9. The maximum absolute atomic E-state index is 14.5. The van der Waals surface area contributed by atoms with Gasteiger partial charge in [0.1, 0.15) is 40.8 Å². The number of aliphatic hydroxyl groups is 1. The number of hydrogen-bond donors (Lipinski definition) is 1. The number of rotatable bonds is 4. The quantitative estimate of drug-likeness (QED) is 0.379. The highest BCUT2D eigenvalue weighted by Gasteiger charge is 2.49. The van der Waals surface area contributed by atoms with E-state index in [0.717, 1.165) is 29.2 Å². The predicted molar refractivity (Wildman–Crippen MR) is 103 cm³/mol. The zero-order chi connectivity index (χ0) is 22.3. The number of anilines is 1. The summed E-state index contributed by atoms with van der Waals surface area (Å²) in [7, 11) is 1.28. The minimum absolute atomic E-state index is 0.0276. The Morgan fingerprint density at radius 2 is 1.77 bits per heavy atom. The third-order valence-electron chi connectivity index (χ3n) is 4.84. The Morgan fingerprint density at radius 3 is 2.42 bits per heavy atom. The van der Waals surface area contributed by atoms with E-state index < -0.39 is 52.2 Å². The molecule has 0 radical (unpaired) electrons. The minimum Gasteiger partial charge on any atom is -0.507 e. The molecule has 31 heavy (non-hydrogen) atoms.